The van der Waals surface area contributed by atoms with Gasteiger partial charge in [-0.15, -0.1) is 0 Å². The van der Waals surface area contributed by atoms with Gasteiger partial charge in [0, 0.05) is 7.05 Å². The molecule has 0 heterocycles. The van der Waals surface area contributed by atoms with Crippen LogP contribution in [0.5, 0.6) is 0 Å². The monoisotopic (exact) mass is 404 g/mol. The summed E-state index contributed by atoms with van der Waals surface area (Å²) >= 11 is 0. The maximum atomic E-state index is 11.8. The van der Waals surface area contributed by atoms with Gasteiger partial charge in [0.15, 0.2) is 0 Å². The zero-order valence-corrected chi connectivity index (χ0v) is 17.2. The second-order valence-electron chi connectivity index (χ2n) is 7.04. The minimum absolute atomic E-state index is 0.161. The molecule has 3 N–H and O–H groups in total. The first kappa shape index (κ1) is 22.1. The third kappa shape index (κ3) is 6.17. The SMILES string of the molecule is C=Cc1cc(COCC(N)(CO)Cc2ccccc2)cc(N(C)S(C)(=O)=O)c1. The van der Waals surface area contributed by atoms with Crippen molar-refractivity contribution in [2.45, 2.75) is 18.6 Å². The van der Waals surface area contributed by atoms with Gasteiger partial charge in [-0.1, -0.05) is 43.0 Å². The highest BCUT2D eigenvalue weighted by Gasteiger charge is 2.25. The van der Waals surface area contributed by atoms with Crippen LogP contribution >= 0.6 is 0 Å². The lowest BCUT2D eigenvalue weighted by molar-refractivity contribution is 0.0458. The molecule has 1 unspecified atom stereocenters. The van der Waals surface area contributed by atoms with Gasteiger partial charge in [-0.2, -0.15) is 0 Å². The number of nitrogens with two attached hydrogens (primary N) is 1. The number of hydrogen-bond acceptors (Lipinski definition) is 5. The van der Waals surface area contributed by atoms with Crippen molar-refractivity contribution in [2.75, 3.05) is 30.8 Å². The molecule has 0 aromatic heterocycles. The summed E-state index contributed by atoms with van der Waals surface area (Å²) in [6.45, 7) is 3.94. The van der Waals surface area contributed by atoms with Crippen molar-refractivity contribution in [3.8, 4) is 0 Å². The molecule has 0 amide bonds. The van der Waals surface area contributed by atoms with Crippen molar-refractivity contribution >= 4 is 21.8 Å². The number of nitrogens with zero attached hydrogens (tertiary/aromatic N) is 1. The minimum Gasteiger partial charge on any atom is -0.394 e. The van der Waals surface area contributed by atoms with Gasteiger partial charge in [0.25, 0.3) is 0 Å². The fourth-order valence-electron chi connectivity index (χ4n) is 2.80. The molecule has 0 saturated carbocycles. The van der Waals surface area contributed by atoms with Gasteiger partial charge >= 0.3 is 0 Å². The molecule has 152 valence electrons. The fraction of sp³-hybridized carbons (Fsp3) is 0.333. The molecule has 7 heteroatoms. The maximum Gasteiger partial charge on any atom is 0.231 e. The van der Waals surface area contributed by atoms with Gasteiger partial charge in [-0.25, -0.2) is 8.42 Å². The molecule has 0 aliphatic rings. The Labute approximate surface area is 167 Å². The molecule has 0 aliphatic heterocycles. The molecule has 2 rings (SSSR count). The summed E-state index contributed by atoms with van der Waals surface area (Å²) in [6.07, 6.45) is 3.29. The van der Waals surface area contributed by atoms with E-state index in [4.69, 9.17) is 10.5 Å². The summed E-state index contributed by atoms with van der Waals surface area (Å²) in [5.74, 6) is 0. The molecular formula is C21H28N2O4S. The molecule has 0 bridgehead atoms. The van der Waals surface area contributed by atoms with E-state index in [1.54, 1.807) is 18.2 Å². The Kier molecular flexibility index (Phi) is 7.37. The quantitative estimate of drug-likeness (QED) is 0.633. The predicted molar refractivity (Wildman–Crippen MR) is 114 cm³/mol. The number of aliphatic hydroxyl groups is 1. The minimum atomic E-state index is -3.37. The summed E-state index contributed by atoms with van der Waals surface area (Å²) < 4.78 is 30.6. The van der Waals surface area contributed by atoms with Crippen molar-refractivity contribution < 1.29 is 18.3 Å². The number of aliphatic hydroxyl groups excluding tert-OH is 1. The van der Waals surface area contributed by atoms with Crippen molar-refractivity contribution in [1.29, 1.82) is 0 Å². The summed E-state index contributed by atoms with van der Waals surface area (Å²) in [5, 5.41) is 9.74. The molecule has 1 atom stereocenters. The van der Waals surface area contributed by atoms with Crippen LogP contribution in [-0.2, 0) is 27.8 Å². The van der Waals surface area contributed by atoms with Gasteiger partial charge in [0.2, 0.25) is 10.0 Å². The van der Waals surface area contributed by atoms with Crippen LogP contribution in [0.1, 0.15) is 16.7 Å². The zero-order chi connectivity index (χ0) is 20.8. The third-order valence-electron chi connectivity index (χ3n) is 4.47. The van der Waals surface area contributed by atoms with Gasteiger partial charge < -0.3 is 15.6 Å². The van der Waals surface area contributed by atoms with Crippen LogP contribution in [0.15, 0.2) is 55.1 Å². The van der Waals surface area contributed by atoms with Crippen molar-refractivity contribution in [3.05, 3.63) is 71.8 Å². The lowest BCUT2D eigenvalue weighted by Crippen LogP contribution is -2.50. The van der Waals surface area contributed by atoms with Gasteiger partial charge in [-0.05, 0) is 41.3 Å². The molecule has 2 aromatic carbocycles. The summed E-state index contributed by atoms with van der Waals surface area (Å²) in [6, 6.07) is 15.1. The maximum absolute atomic E-state index is 11.8. The molecular weight excluding hydrogens is 376 g/mol. The van der Waals surface area contributed by atoms with Crippen LogP contribution in [0.2, 0.25) is 0 Å². The molecule has 0 radical (unpaired) electrons. The largest absolute Gasteiger partial charge is 0.394 e. The highest BCUT2D eigenvalue weighted by Crippen LogP contribution is 2.22. The Morgan fingerprint density at radius 2 is 1.89 bits per heavy atom. The number of rotatable bonds is 10. The van der Waals surface area contributed by atoms with Crippen molar-refractivity contribution in [2.24, 2.45) is 5.73 Å². The van der Waals surface area contributed by atoms with E-state index in [1.165, 1.54) is 11.4 Å². The van der Waals surface area contributed by atoms with E-state index in [0.29, 0.717) is 12.1 Å². The Balaban J connectivity index is 2.09. The summed E-state index contributed by atoms with van der Waals surface area (Å²) in [4.78, 5) is 0. The normalized spacial score (nSPS) is 13.7. The zero-order valence-electron chi connectivity index (χ0n) is 16.3. The highest BCUT2D eigenvalue weighted by atomic mass is 32.2. The van der Waals surface area contributed by atoms with E-state index in [9.17, 15) is 13.5 Å². The van der Waals surface area contributed by atoms with E-state index < -0.39 is 15.6 Å². The third-order valence-corrected chi connectivity index (χ3v) is 5.67. The topological polar surface area (TPSA) is 92.9 Å². The van der Waals surface area contributed by atoms with Crippen LogP contribution in [0.25, 0.3) is 6.08 Å². The first-order valence-electron chi connectivity index (χ1n) is 8.88. The summed E-state index contributed by atoms with van der Waals surface area (Å²) in [5.41, 5.74) is 8.54. The average Bonchev–Trinajstić information content (AvgIpc) is 2.67. The van der Waals surface area contributed by atoms with E-state index in [0.717, 1.165) is 22.9 Å². The molecule has 6 nitrogen and oxygen atoms in total. The van der Waals surface area contributed by atoms with Gasteiger partial charge in [-0.3, -0.25) is 4.31 Å². The van der Waals surface area contributed by atoms with Crippen LogP contribution in [0, 0.1) is 0 Å². The Morgan fingerprint density at radius 3 is 2.46 bits per heavy atom. The number of hydrogen-bond donors (Lipinski definition) is 2. The molecule has 0 aliphatic carbocycles. The lowest BCUT2D eigenvalue weighted by Gasteiger charge is -2.27. The second-order valence-corrected chi connectivity index (χ2v) is 9.06. The number of ether oxygens (including phenoxy) is 1. The summed E-state index contributed by atoms with van der Waals surface area (Å²) in [7, 11) is -1.88. The number of anilines is 1. The second kappa shape index (κ2) is 9.34. The Morgan fingerprint density at radius 1 is 1.21 bits per heavy atom. The predicted octanol–water partition coefficient (Wildman–Crippen LogP) is 2.17. The van der Waals surface area contributed by atoms with Gasteiger partial charge in [0.1, 0.15) is 0 Å². The molecule has 0 spiro atoms. The van der Waals surface area contributed by atoms with E-state index in [1.807, 2.05) is 36.4 Å². The molecule has 28 heavy (non-hydrogen) atoms. The van der Waals surface area contributed by atoms with Crippen molar-refractivity contribution in [1.82, 2.24) is 0 Å². The molecule has 0 saturated heterocycles. The van der Waals surface area contributed by atoms with Crippen LogP contribution < -0.4 is 10.0 Å². The Hall–Kier alpha value is -2.19. The Bertz CT molecular complexity index is 900. The average molecular weight is 405 g/mol. The number of benzene rings is 2. The lowest BCUT2D eigenvalue weighted by atomic mass is 9.93. The van der Waals surface area contributed by atoms with Crippen LogP contribution in [-0.4, -0.2) is 45.6 Å². The standard InChI is InChI=1S/C21H28N2O4S/c1-4-17-10-19(12-20(11-17)23(2)28(3,25)26)14-27-16-21(22,15-24)13-18-8-6-5-7-9-18/h4-12,24H,1,13-16,22H2,2-3H3. The van der Waals surface area contributed by atoms with E-state index in [2.05, 4.69) is 6.58 Å². The fourth-order valence-corrected chi connectivity index (χ4v) is 3.29. The van der Waals surface area contributed by atoms with Gasteiger partial charge in [0.05, 0.1) is 37.3 Å². The first-order valence-corrected chi connectivity index (χ1v) is 10.7. The van der Waals surface area contributed by atoms with Crippen LogP contribution in [0.3, 0.4) is 0 Å². The smallest absolute Gasteiger partial charge is 0.231 e. The first-order chi connectivity index (χ1) is 13.2. The van der Waals surface area contributed by atoms with Crippen LogP contribution in [0.4, 0.5) is 5.69 Å². The highest BCUT2D eigenvalue weighted by molar-refractivity contribution is 7.92. The number of sulfonamides is 1. The van der Waals surface area contributed by atoms with Crippen molar-refractivity contribution in [3.63, 3.8) is 0 Å². The molecule has 2 aromatic rings. The van der Waals surface area contributed by atoms with E-state index >= 15 is 0 Å². The molecule has 0 fully saturated rings. The van der Waals surface area contributed by atoms with E-state index in [-0.39, 0.29) is 19.8 Å².